The molecule has 3 aliphatic rings. The topological polar surface area (TPSA) is 30.3 Å². The van der Waals surface area contributed by atoms with Crippen LogP contribution in [0.15, 0.2) is 30.3 Å². The van der Waals surface area contributed by atoms with Gasteiger partial charge in [-0.1, -0.05) is 30.3 Å². The molecule has 1 heterocycles. The molecule has 2 saturated carbocycles. The average molecular weight is 309 g/mol. The van der Waals surface area contributed by atoms with Crippen molar-refractivity contribution in [1.29, 1.82) is 5.26 Å². The van der Waals surface area contributed by atoms with Gasteiger partial charge in [0.15, 0.2) is 0 Å². The van der Waals surface area contributed by atoms with Gasteiger partial charge in [0.25, 0.3) is 0 Å². The van der Waals surface area contributed by atoms with Gasteiger partial charge in [-0.2, -0.15) is 5.26 Å². The molecule has 3 fully saturated rings. The Morgan fingerprint density at radius 1 is 1.09 bits per heavy atom. The summed E-state index contributed by atoms with van der Waals surface area (Å²) in [5.41, 5.74) is 1.87. The maximum Gasteiger partial charge on any atom is 0.0876 e. The molecule has 0 amide bonds. The lowest BCUT2D eigenvalue weighted by Gasteiger charge is -2.43. The molecule has 1 saturated heterocycles. The van der Waals surface area contributed by atoms with E-state index in [1.165, 1.54) is 50.6 Å². The summed E-state index contributed by atoms with van der Waals surface area (Å²) in [5.74, 6) is 1.66. The lowest BCUT2D eigenvalue weighted by molar-refractivity contribution is 0.0902. The summed E-state index contributed by atoms with van der Waals surface area (Å²) < 4.78 is 0. The monoisotopic (exact) mass is 309 g/mol. The van der Waals surface area contributed by atoms with Crippen molar-refractivity contribution in [3.63, 3.8) is 0 Å². The van der Waals surface area contributed by atoms with Crippen LogP contribution in [0.5, 0.6) is 0 Å². The van der Waals surface area contributed by atoms with Crippen LogP contribution < -0.4 is 0 Å². The van der Waals surface area contributed by atoms with Gasteiger partial charge in [0.1, 0.15) is 0 Å². The van der Waals surface area contributed by atoms with E-state index in [1.807, 2.05) is 0 Å². The van der Waals surface area contributed by atoms with E-state index in [9.17, 15) is 0 Å². The van der Waals surface area contributed by atoms with E-state index in [2.05, 4.69) is 46.2 Å². The van der Waals surface area contributed by atoms with Crippen LogP contribution in [-0.4, -0.2) is 41.6 Å². The number of benzene rings is 1. The molecule has 4 rings (SSSR count). The highest BCUT2D eigenvalue weighted by molar-refractivity contribution is 5.21. The number of nitrogens with zero attached hydrogens (tertiary/aromatic N) is 3. The Labute approximate surface area is 139 Å². The summed E-state index contributed by atoms with van der Waals surface area (Å²) in [7, 11) is 0. The molecule has 1 aromatic rings. The largest absolute Gasteiger partial charge is 0.283 e. The predicted octanol–water partition coefficient (Wildman–Crippen LogP) is 3.59. The van der Waals surface area contributed by atoms with Crippen molar-refractivity contribution in [3.8, 4) is 6.07 Å². The zero-order chi connectivity index (χ0) is 15.7. The first-order chi connectivity index (χ1) is 11.3. The van der Waals surface area contributed by atoms with Gasteiger partial charge in [0.05, 0.1) is 19.3 Å². The third kappa shape index (κ3) is 3.16. The first-order valence-electron chi connectivity index (χ1n) is 9.18. The van der Waals surface area contributed by atoms with Crippen molar-refractivity contribution in [2.45, 2.75) is 50.0 Å². The second-order valence-electron chi connectivity index (χ2n) is 7.86. The lowest BCUT2D eigenvalue weighted by Crippen LogP contribution is -2.49. The summed E-state index contributed by atoms with van der Waals surface area (Å²) in [6.07, 6.45) is 8.01. The van der Waals surface area contributed by atoms with E-state index in [0.29, 0.717) is 12.1 Å². The predicted molar refractivity (Wildman–Crippen MR) is 91.9 cm³/mol. The van der Waals surface area contributed by atoms with E-state index in [1.54, 1.807) is 0 Å². The maximum absolute atomic E-state index is 9.07. The molecule has 0 radical (unpaired) electrons. The van der Waals surface area contributed by atoms with Gasteiger partial charge in [-0.3, -0.25) is 9.80 Å². The highest BCUT2D eigenvalue weighted by Crippen LogP contribution is 2.45. The van der Waals surface area contributed by atoms with Crippen molar-refractivity contribution in [1.82, 2.24) is 9.80 Å². The second-order valence-corrected chi connectivity index (χ2v) is 7.86. The molecule has 0 N–H and O–H groups in total. The standard InChI is InChI=1S/C20H27N3/c21-12-13-22-15-20(23(16-22)14-17-6-7-17)10-8-19(9-11-20)18-4-2-1-3-5-18/h1-5,17,19H,6-11,13-16H2. The first kappa shape index (κ1) is 15.2. The van der Waals surface area contributed by atoms with Crippen LogP contribution >= 0.6 is 0 Å². The third-order valence-electron chi connectivity index (χ3n) is 6.22. The molecular formula is C20H27N3. The molecule has 0 aromatic heterocycles. The Morgan fingerprint density at radius 3 is 2.48 bits per heavy atom. The quantitative estimate of drug-likeness (QED) is 0.796. The molecule has 0 unspecified atom stereocenters. The van der Waals surface area contributed by atoms with Gasteiger partial charge in [-0.15, -0.1) is 0 Å². The van der Waals surface area contributed by atoms with Gasteiger partial charge >= 0.3 is 0 Å². The van der Waals surface area contributed by atoms with E-state index in [4.69, 9.17) is 5.26 Å². The minimum absolute atomic E-state index is 0.352. The van der Waals surface area contributed by atoms with Crippen molar-refractivity contribution in [2.75, 3.05) is 26.3 Å². The molecule has 1 spiro atoms. The molecule has 3 heteroatoms. The summed E-state index contributed by atoms with van der Waals surface area (Å²) in [6, 6.07) is 13.4. The third-order valence-corrected chi connectivity index (χ3v) is 6.22. The van der Waals surface area contributed by atoms with Crippen molar-refractivity contribution in [2.24, 2.45) is 5.92 Å². The van der Waals surface area contributed by atoms with E-state index in [0.717, 1.165) is 25.0 Å². The molecule has 122 valence electrons. The number of rotatable bonds is 4. The van der Waals surface area contributed by atoms with Crippen LogP contribution in [0.25, 0.3) is 0 Å². The highest BCUT2D eigenvalue weighted by Gasteiger charge is 2.47. The Bertz CT molecular complexity index is 564. The average Bonchev–Trinajstić information content (AvgIpc) is 3.34. The molecule has 0 bridgehead atoms. The minimum Gasteiger partial charge on any atom is -0.283 e. The summed E-state index contributed by atoms with van der Waals surface area (Å²) in [6.45, 7) is 3.97. The fourth-order valence-corrected chi connectivity index (χ4v) is 4.72. The SMILES string of the molecule is N#CCN1CN(CC2CC2)C2(CCC(c3ccccc3)CC2)C1. The van der Waals surface area contributed by atoms with E-state index < -0.39 is 0 Å². The molecule has 1 aromatic carbocycles. The Balaban J connectivity index is 1.45. The van der Waals surface area contributed by atoms with Crippen LogP contribution in [0.2, 0.25) is 0 Å². The molecule has 3 nitrogen and oxygen atoms in total. The van der Waals surface area contributed by atoms with E-state index >= 15 is 0 Å². The summed E-state index contributed by atoms with van der Waals surface area (Å²) in [4.78, 5) is 5.11. The van der Waals surface area contributed by atoms with Crippen LogP contribution in [0.3, 0.4) is 0 Å². The smallest absolute Gasteiger partial charge is 0.0876 e. The second kappa shape index (κ2) is 6.26. The fourth-order valence-electron chi connectivity index (χ4n) is 4.72. The zero-order valence-electron chi connectivity index (χ0n) is 14.0. The van der Waals surface area contributed by atoms with Gasteiger partial charge in [-0.05, 0) is 55.9 Å². The molecule has 0 atom stereocenters. The molecule has 23 heavy (non-hydrogen) atoms. The number of nitriles is 1. The van der Waals surface area contributed by atoms with Crippen LogP contribution in [0.4, 0.5) is 0 Å². The Morgan fingerprint density at radius 2 is 1.83 bits per heavy atom. The number of hydrogen-bond donors (Lipinski definition) is 0. The van der Waals surface area contributed by atoms with Gasteiger partial charge < -0.3 is 0 Å². The van der Waals surface area contributed by atoms with Crippen LogP contribution in [0, 0.1) is 17.2 Å². The van der Waals surface area contributed by atoms with Crippen molar-refractivity contribution >= 4 is 0 Å². The summed E-state index contributed by atoms with van der Waals surface area (Å²) in [5, 5.41) is 9.07. The van der Waals surface area contributed by atoms with Crippen molar-refractivity contribution in [3.05, 3.63) is 35.9 Å². The minimum atomic E-state index is 0.352. The Hall–Kier alpha value is -1.37. The maximum atomic E-state index is 9.07. The fraction of sp³-hybridized carbons (Fsp3) is 0.650. The van der Waals surface area contributed by atoms with Crippen LogP contribution in [-0.2, 0) is 0 Å². The zero-order valence-corrected chi connectivity index (χ0v) is 14.0. The first-order valence-corrected chi connectivity index (χ1v) is 9.18. The normalized spacial score (nSPS) is 32.2. The Kier molecular flexibility index (Phi) is 4.13. The summed E-state index contributed by atoms with van der Waals surface area (Å²) >= 11 is 0. The van der Waals surface area contributed by atoms with Crippen molar-refractivity contribution < 1.29 is 0 Å². The van der Waals surface area contributed by atoms with E-state index in [-0.39, 0.29) is 0 Å². The van der Waals surface area contributed by atoms with Gasteiger partial charge in [0.2, 0.25) is 0 Å². The highest BCUT2D eigenvalue weighted by atomic mass is 15.4. The lowest BCUT2D eigenvalue weighted by atomic mass is 9.73. The van der Waals surface area contributed by atoms with Crippen LogP contribution in [0.1, 0.15) is 50.0 Å². The molecule has 2 aliphatic carbocycles. The van der Waals surface area contributed by atoms with Gasteiger partial charge in [-0.25, -0.2) is 0 Å². The molecule has 1 aliphatic heterocycles. The van der Waals surface area contributed by atoms with Gasteiger partial charge in [0, 0.05) is 18.6 Å². The molecular weight excluding hydrogens is 282 g/mol. The number of hydrogen-bond acceptors (Lipinski definition) is 3.